The summed E-state index contributed by atoms with van der Waals surface area (Å²) in [6, 6.07) is 7.70. The minimum absolute atomic E-state index is 0.284. The zero-order valence-corrected chi connectivity index (χ0v) is 15.7. The van der Waals surface area contributed by atoms with Gasteiger partial charge in [-0.15, -0.1) is 10.2 Å². The molecule has 9 heteroatoms. The van der Waals surface area contributed by atoms with Crippen molar-refractivity contribution < 1.29 is 4.74 Å². The maximum atomic E-state index is 6.02. The van der Waals surface area contributed by atoms with Crippen LogP contribution < -0.4 is 10.1 Å². The topological polar surface area (TPSA) is 95.0 Å². The van der Waals surface area contributed by atoms with Gasteiger partial charge in [-0.1, -0.05) is 13.3 Å². The van der Waals surface area contributed by atoms with E-state index in [1.807, 2.05) is 35.7 Å². The molecule has 0 aromatic carbocycles. The summed E-state index contributed by atoms with van der Waals surface area (Å²) in [6.45, 7) is 2.80. The summed E-state index contributed by atoms with van der Waals surface area (Å²) < 4.78 is 9.75. The van der Waals surface area contributed by atoms with Gasteiger partial charge in [-0.3, -0.25) is 4.68 Å². The van der Waals surface area contributed by atoms with Crippen LogP contribution in [0.4, 0.5) is 11.8 Å². The van der Waals surface area contributed by atoms with Gasteiger partial charge >= 0.3 is 0 Å². The van der Waals surface area contributed by atoms with Crippen LogP contribution in [0.1, 0.15) is 31.5 Å². The second-order valence-electron chi connectivity index (χ2n) is 6.86. The monoisotopic (exact) mass is 376 g/mol. The number of rotatable bonds is 5. The predicted molar refractivity (Wildman–Crippen MR) is 104 cm³/mol. The fraction of sp³-hybridized carbons (Fsp3) is 0.316. The van der Waals surface area contributed by atoms with Crippen LogP contribution in [-0.4, -0.2) is 41.0 Å². The maximum absolute atomic E-state index is 6.02. The maximum Gasteiger partial charge on any atom is 0.228 e. The van der Waals surface area contributed by atoms with Crippen molar-refractivity contribution in [3.8, 4) is 17.1 Å². The summed E-state index contributed by atoms with van der Waals surface area (Å²) >= 11 is 0. The lowest BCUT2D eigenvalue weighted by Gasteiger charge is -2.22. The number of ether oxygens (including phenoxy) is 1. The van der Waals surface area contributed by atoms with Gasteiger partial charge in [0.05, 0.1) is 24.4 Å². The summed E-state index contributed by atoms with van der Waals surface area (Å²) in [5.74, 6) is 3.33. The molecular weight excluding hydrogens is 356 g/mol. The molecule has 9 nitrogen and oxygen atoms in total. The van der Waals surface area contributed by atoms with Gasteiger partial charge in [0, 0.05) is 30.9 Å². The highest BCUT2D eigenvalue weighted by atomic mass is 16.5. The van der Waals surface area contributed by atoms with E-state index in [2.05, 4.69) is 37.5 Å². The van der Waals surface area contributed by atoms with Gasteiger partial charge in [0.1, 0.15) is 11.6 Å². The Kier molecular flexibility index (Phi) is 3.92. The molecule has 142 valence electrons. The molecule has 4 aromatic rings. The molecule has 1 aliphatic heterocycles. The van der Waals surface area contributed by atoms with Crippen LogP contribution in [0.3, 0.4) is 0 Å². The van der Waals surface area contributed by atoms with Crippen molar-refractivity contribution >= 4 is 17.4 Å². The molecule has 0 aliphatic carbocycles. The summed E-state index contributed by atoms with van der Waals surface area (Å²) in [5, 5.41) is 16.1. The van der Waals surface area contributed by atoms with Gasteiger partial charge in [-0.2, -0.15) is 5.10 Å². The molecule has 0 bridgehead atoms. The van der Waals surface area contributed by atoms with E-state index in [4.69, 9.17) is 4.74 Å². The molecule has 0 unspecified atom stereocenters. The Bertz CT molecular complexity index is 1150. The lowest BCUT2D eigenvalue weighted by Crippen LogP contribution is -2.20. The van der Waals surface area contributed by atoms with Crippen molar-refractivity contribution in [2.45, 2.75) is 25.7 Å². The highest BCUT2D eigenvalue weighted by molar-refractivity contribution is 5.67. The smallest absolute Gasteiger partial charge is 0.228 e. The van der Waals surface area contributed by atoms with E-state index in [1.54, 1.807) is 17.1 Å². The minimum atomic E-state index is 0.284. The molecule has 0 saturated carbocycles. The van der Waals surface area contributed by atoms with E-state index < -0.39 is 0 Å². The standard InChI is InChI=1S/C19H20N8O/c1-3-4-12-11-28-17-10-13(9-16-24-25-18(12)27(16)17)14-5-7-20-19(22-14)23-15-6-8-21-26(15)2/h5-10,12H,3-4,11H2,1-2H3,(H,20,22,23)/t12-/m1/s1. The van der Waals surface area contributed by atoms with E-state index in [-0.39, 0.29) is 5.92 Å². The molecule has 28 heavy (non-hydrogen) atoms. The van der Waals surface area contributed by atoms with Crippen LogP contribution in [0, 0.1) is 0 Å². The highest BCUT2D eigenvalue weighted by Gasteiger charge is 2.26. The molecule has 0 radical (unpaired) electrons. The van der Waals surface area contributed by atoms with E-state index in [0.717, 1.165) is 47.3 Å². The van der Waals surface area contributed by atoms with Gasteiger partial charge in [0.25, 0.3) is 0 Å². The molecule has 0 spiro atoms. The molecule has 1 aliphatic rings. The molecular formula is C19H20N8O. The first kappa shape index (κ1) is 16.7. The third-order valence-corrected chi connectivity index (χ3v) is 4.94. The summed E-state index contributed by atoms with van der Waals surface area (Å²) in [4.78, 5) is 8.94. The zero-order valence-electron chi connectivity index (χ0n) is 15.7. The molecule has 0 fully saturated rings. The molecule has 0 saturated heterocycles. The third-order valence-electron chi connectivity index (χ3n) is 4.94. The number of nitrogens with one attached hydrogen (secondary N) is 1. The van der Waals surface area contributed by atoms with Gasteiger partial charge < -0.3 is 10.1 Å². The van der Waals surface area contributed by atoms with Crippen molar-refractivity contribution in [2.24, 2.45) is 7.05 Å². The minimum Gasteiger partial charge on any atom is -0.478 e. The van der Waals surface area contributed by atoms with Crippen LogP contribution in [-0.2, 0) is 7.05 Å². The normalized spacial score (nSPS) is 15.6. The fourth-order valence-corrected chi connectivity index (χ4v) is 3.54. The Labute approximate surface area is 161 Å². The number of aromatic nitrogens is 7. The Morgan fingerprint density at radius 1 is 1.21 bits per heavy atom. The Hall–Kier alpha value is -3.49. The number of pyridine rings is 1. The van der Waals surface area contributed by atoms with Gasteiger partial charge in [-0.25, -0.2) is 14.4 Å². The van der Waals surface area contributed by atoms with Crippen LogP contribution in [0.2, 0.25) is 0 Å². The molecule has 1 atom stereocenters. The molecule has 5 rings (SSSR count). The first-order valence-corrected chi connectivity index (χ1v) is 9.33. The Morgan fingerprint density at radius 2 is 2.14 bits per heavy atom. The quantitative estimate of drug-likeness (QED) is 0.572. The molecule has 1 N–H and O–H groups in total. The largest absolute Gasteiger partial charge is 0.478 e. The van der Waals surface area contributed by atoms with Crippen molar-refractivity contribution in [1.82, 2.24) is 34.3 Å². The van der Waals surface area contributed by atoms with E-state index in [0.29, 0.717) is 12.6 Å². The van der Waals surface area contributed by atoms with Crippen LogP contribution in [0.5, 0.6) is 5.88 Å². The van der Waals surface area contributed by atoms with Crippen LogP contribution in [0.25, 0.3) is 16.9 Å². The summed E-state index contributed by atoms with van der Waals surface area (Å²) in [6.07, 6.45) is 5.57. The second kappa shape index (κ2) is 6.59. The van der Waals surface area contributed by atoms with Crippen molar-refractivity contribution in [1.29, 1.82) is 0 Å². The second-order valence-corrected chi connectivity index (χ2v) is 6.86. The average Bonchev–Trinajstić information content (AvgIpc) is 3.32. The molecule has 4 aromatic heterocycles. The number of nitrogens with zero attached hydrogens (tertiary/aromatic N) is 7. The van der Waals surface area contributed by atoms with Crippen LogP contribution >= 0.6 is 0 Å². The number of hydrogen-bond donors (Lipinski definition) is 1. The van der Waals surface area contributed by atoms with Crippen molar-refractivity contribution in [2.75, 3.05) is 11.9 Å². The van der Waals surface area contributed by atoms with Crippen molar-refractivity contribution in [3.05, 3.63) is 42.5 Å². The predicted octanol–water partition coefficient (Wildman–Crippen LogP) is 2.94. The zero-order chi connectivity index (χ0) is 19.1. The molecule has 5 heterocycles. The lowest BCUT2D eigenvalue weighted by atomic mass is 10.0. The number of anilines is 2. The van der Waals surface area contributed by atoms with Crippen LogP contribution in [0.15, 0.2) is 36.7 Å². The Balaban J connectivity index is 1.52. The van der Waals surface area contributed by atoms with Gasteiger partial charge in [0.15, 0.2) is 5.65 Å². The van der Waals surface area contributed by atoms with Crippen molar-refractivity contribution in [3.63, 3.8) is 0 Å². The summed E-state index contributed by atoms with van der Waals surface area (Å²) in [7, 11) is 1.86. The van der Waals surface area contributed by atoms with Gasteiger partial charge in [-0.05, 0) is 18.6 Å². The van der Waals surface area contributed by atoms with E-state index in [9.17, 15) is 0 Å². The molecule has 0 amide bonds. The third kappa shape index (κ3) is 2.75. The first-order chi connectivity index (χ1) is 13.7. The highest BCUT2D eigenvalue weighted by Crippen LogP contribution is 2.33. The SMILES string of the molecule is CCC[C@@H]1COc2cc(-c3ccnc(Nc4ccnn4C)n3)cc3nnc1n23. The average molecular weight is 376 g/mol. The summed E-state index contributed by atoms with van der Waals surface area (Å²) in [5.41, 5.74) is 2.45. The van der Waals surface area contributed by atoms with E-state index >= 15 is 0 Å². The number of aryl methyl sites for hydroxylation is 1. The van der Waals surface area contributed by atoms with E-state index in [1.165, 1.54) is 0 Å². The number of hydrogen-bond acceptors (Lipinski definition) is 7. The first-order valence-electron chi connectivity index (χ1n) is 9.33. The Morgan fingerprint density at radius 3 is 2.96 bits per heavy atom. The fourth-order valence-electron chi connectivity index (χ4n) is 3.54. The lowest BCUT2D eigenvalue weighted by molar-refractivity contribution is 0.239. The van der Waals surface area contributed by atoms with Gasteiger partial charge in [0.2, 0.25) is 11.8 Å².